The normalized spacial score (nSPS) is 31.6. The number of carbonyl (C=O) groups excluding carboxylic acids is 6. The Morgan fingerprint density at radius 1 is 0.941 bits per heavy atom. The van der Waals surface area contributed by atoms with E-state index in [1.807, 2.05) is 30.3 Å². The van der Waals surface area contributed by atoms with Gasteiger partial charge in [0.05, 0.1) is 6.04 Å². The molecule has 0 spiro atoms. The maximum absolute atomic E-state index is 14.7. The van der Waals surface area contributed by atoms with Gasteiger partial charge in [0, 0.05) is 6.54 Å². The van der Waals surface area contributed by atoms with Crippen LogP contribution < -0.4 is 21.7 Å². The molecule has 2 bridgehead atoms. The van der Waals surface area contributed by atoms with Crippen molar-refractivity contribution in [2.75, 3.05) is 6.54 Å². The van der Waals surface area contributed by atoms with Crippen LogP contribution in [-0.2, 0) is 35.3 Å². The summed E-state index contributed by atoms with van der Waals surface area (Å²) in [5, 5.41) is 8.90. The van der Waals surface area contributed by atoms with Gasteiger partial charge in [-0.25, -0.2) is 9.59 Å². The highest BCUT2D eigenvalue weighted by Crippen LogP contribution is 2.65. The van der Waals surface area contributed by atoms with Gasteiger partial charge in [0.1, 0.15) is 24.2 Å². The lowest BCUT2D eigenvalue weighted by Gasteiger charge is -2.39. The molecule has 51 heavy (non-hydrogen) atoms. The first-order chi connectivity index (χ1) is 24.4. The van der Waals surface area contributed by atoms with E-state index < -0.39 is 53.3 Å². The number of ketones is 1. The third kappa shape index (κ3) is 6.99. The molecule has 1 saturated heterocycles. The number of rotatable bonds is 13. The van der Waals surface area contributed by atoms with Crippen molar-refractivity contribution in [2.24, 2.45) is 46.7 Å². The van der Waals surface area contributed by atoms with Crippen LogP contribution in [-0.4, -0.2) is 70.6 Å². The highest BCUT2D eigenvalue weighted by atomic mass is 16.5. The largest absolute Gasteiger partial charge is 0.459 e. The molecule has 4 unspecified atom stereocenters. The Balaban J connectivity index is 1.10. The molecule has 5 saturated carbocycles. The van der Waals surface area contributed by atoms with E-state index >= 15 is 0 Å². The topological polar surface area (TPSA) is 177 Å². The van der Waals surface area contributed by atoms with Crippen molar-refractivity contribution in [2.45, 2.75) is 121 Å². The van der Waals surface area contributed by atoms with Crippen LogP contribution in [0.5, 0.6) is 0 Å². The maximum atomic E-state index is 14.7. The van der Waals surface area contributed by atoms with Crippen molar-refractivity contribution in [1.82, 2.24) is 20.9 Å². The van der Waals surface area contributed by atoms with Crippen LogP contribution >= 0.6 is 0 Å². The minimum absolute atomic E-state index is 0.0481. The number of hydrogen-bond donors (Lipinski definition) is 4. The number of hydrogen-bond acceptors (Lipinski definition) is 7. The quantitative estimate of drug-likeness (QED) is 0.180. The fraction of sp³-hybridized carbons (Fsp3) is 0.692. The number of carbonyl (C=O) groups is 6. The van der Waals surface area contributed by atoms with E-state index in [4.69, 9.17) is 10.5 Å². The Kier molecular flexibility index (Phi) is 9.64. The molecule has 1 aromatic rings. The number of likely N-dealkylation sites (tertiary alicyclic amines) is 1. The molecule has 12 nitrogen and oxygen atoms in total. The SMILES string of the molecule is CC1(C)[C@@H]2[C@@H](C(=O)NC(CC3CC3)C(=O)C(N)=O)N(C(=O)[C@@H](NC(=O)NC3(C(=O)OCc4ccccc4)CC4CCC3C4)C3CCCCC3)C[C@@H]21. The summed E-state index contributed by atoms with van der Waals surface area (Å²) in [5.41, 5.74) is 4.86. The summed E-state index contributed by atoms with van der Waals surface area (Å²) >= 11 is 0. The van der Waals surface area contributed by atoms with E-state index in [1.54, 1.807) is 4.90 Å². The van der Waals surface area contributed by atoms with Crippen LogP contribution in [0.2, 0.25) is 0 Å². The third-order valence-electron chi connectivity index (χ3n) is 13.3. The monoisotopic (exact) mass is 703 g/mol. The molecule has 7 rings (SSSR count). The summed E-state index contributed by atoms with van der Waals surface area (Å²) < 4.78 is 5.83. The zero-order chi connectivity index (χ0) is 36.1. The predicted octanol–water partition coefficient (Wildman–Crippen LogP) is 3.36. The minimum atomic E-state index is -1.17. The van der Waals surface area contributed by atoms with Crippen molar-refractivity contribution >= 4 is 35.5 Å². The molecule has 5 aliphatic carbocycles. The number of fused-ring (bicyclic) bond motifs is 3. The number of piperidine rings is 1. The number of benzene rings is 1. The van der Waals surface area contributed by atoms with E-state index in [0.717, 1.165) is 69.8 Å². The number of ether oxygens (including phenoxy) is 1. The molecule has 276 valence electrons. The number of nitrogens with one attached hydrogen (secondary N) is 3. The summed E-state index contributed by atoms with van der Waals surface area (Å²) in [4.78, 5) is 82.9. The summed E-state index contributed by atoms with van der Waals surface area (Å²) in [5.74, 6) is -2.80. The van der Waals surface area contributed by atoms with Crippen molar-refractivity contribution in [3.05, 3.63) is 35.9 Å². The Morgan fingerprint density at radius 2 is 1.67 bits per heavy atom. The molecule has 6 aliphatic rings. The summed E-state index contributed by atoms with van der Waals surface area (Å²) in [7, 11) is 0. The fourth-order valence-corrected chi connectivity index (χ4v) is 10.2. The first-order valence-electron chi connectivity index (χ1n) is 19.1. The summed E-state index contributed by atoms with van der Waals surface area (Å²) in [6.45, 7) is 4.62. The smallest absolute Gasteiger partial charge is 0.332 e. The lowest BCUT2D eigenvalue weighted by Crippen LogP contribution is -2.64. The second kappa shape index (κ2) is 13.9. The average Bonchev–Trinajstić information content (AvgIpc) is 3.77. The van der Waals surface area contributed by atoms with E-state index in [-0.39, 0.29) is 47.5 Å². The number of amides is 5. The van der Waals surface area contributed by atoms with E-state index in [0.29, 0.717) is 25.3 Å². The third-order valence-corrected chi connectivity index (χ3v) is 13.3. The van der Waals surface area contributed by atoms with Crippen LogP contribution in [0.3, 0.4) is 0 Å². The van der Waals surface area contributed by atoms with Gasteiger partial charge in [-0.05, 0) is 91.4 Å². The summed E-state index contributed by atoms with van der Waals surface area (Å²) in [6, 6.07) is 6.10. The van der Waals surface area contributed by atoms with Crippen LogP contribution in [0.15, 0.2) is 30.3 Å². The van der Waals surface area contributed by atoms with Crippen LogP contribution in [0, 0.1) is 40.9 Å². The minimum Gasteiger partial charge on any atom is -0.459 e. The molecule has 1 aromatic carbocycles. The second-order valence-corrected chi connectivity index (χ2v) is 16.9. The molecule has 0 aromatic heterocycles. The molecule has 6 fully saturated rings. The zero-order valence-electron chi connectivity index (χ0n) is 29.9. The zero-order valence-corrected chi connectivity index (χ0v) is 29.9. The number of urea groups is 1. The molecular weight excluding hydrogens is 650 g/mol. The van der Waals surface area contributed by atoms with Crippen LogP contribution in [0.25, 0.3) is 0 Å². The number of primary amides is 1. The van der Waals surface area contributed by atoms with Crippen molar-refractivity contribution in [3.8, 4) is 0 Å². The van der Waals surface area contributed by atoms with E-state index in [2.05, 4.69) is 29.8 Å². The Morgan fingerprint density at radius 3 is 2.29 bits per heavy atom. The lowest BCUT2D eigenvalue weighted by molar-refractivity contribution is -0.155. The highest BCUT2D eigenvalue weighted by molar-refractivity contribution is 6.37. The molecular formula is C39H53N5O7. The molecule has 0 radical (unpaired) electrons. The fourth-order valence-electron chi connectivity index (χ4n) is 10.2. The van der Waals surface area contributed by atoms with Gasteiger partial charge in [-0.1, -0.05) is 76.3 Å². The van der Waals surface area contributed by atoms with E-state index in [9.17, 15) is 28.8 Å². The van der Waals surface area contributed by atoms with Crippen LogP contribution in [0.1, 0.15) is 96.5 Å². The number of nitrogens with zero attached hydrogens (tertiary/aromatic N) is 1. The van der Waals surface area contributed by atoms with Crippen molar-refractivity contribution < 1.29 is 33.5 Å². The van der Waals surface area contributed by atoms with Gasteiger partial charge in [-0.2, -0.15) is 0 Å². The molecule has 1 aliphatic heterocycles. The highest BCUT2D eigenvalue weighted by Gasteiger charge is 2.70. The Labute approximate surface area is 299 Å². The molecule has 5 N–H and O–H groups in total. The molecule has 8 atom stereocenters. The predicted molar refractivity (Wildman–Crippen MR) is 186 cm³/mol. The average molecular weight is 704 g/mol. The van der Waals surface area contributed by atoms with Gasteiger partial charge < -0.3 is 31.3 Å². The first kappa shape index (κ1) is 35.4. The lowest BCUT2D eigenvalue weighted by atomic mass is 9.80. The van der Waals surface area contributed by atoms with E-state index in [1.165, 1.54) is 0 Å². The van der Waals surface area contributed by atoms with Gasteiger partial charge in [0.25, 0.3) is 5.91 Å². The van der Waals surface area contributed by atoms with Gasteiger partial charge in [-0.15, -0.1) is 0 Å². The standard InChI is InChI=1S/C39H53N5O7/c1-38(2)27-20-44(31(29(27)38)34(47)41-28(18-22-13-14-22)32(45)33(40)46)35(48)30(25-11-7-4-8-12-25)42-37(50)43-39(19-24-15-16-26(39)17-24)36(49)51-21-23-9-5-3-6-10-23/h3,5-6,9-10,22,24-31H,4,7-8,11-21H2,1-2H3,(H2,40,46)(H,41,47)(H2,42,43,50)/t24?,26?,27-,28?,29-,30-,31-,39?/m0/s1. The Hall–Kier alpha value is -3.96. The number of Topliss-reactive ketones (excluding diaryl/α,β-unsaturated/α-hetero) is 1. The van der Waals surface area contributed by atoms with Gasteiger partial charge in [-0.3, -0.25) is 19.2 Å². The first-order valence-corrected chi connectivity index (χ1v) is 19.1. The van der Waals surface area contributed by atoms with Crippen LogP contribution in [0.4, 0.5) is 4.79 Å². The van der Waals surface area contributed by atoms with Crippen molar-refractivity contribution in [1.29, 1.82) is 0 Å². The number of nitrogens with two attached hydrogens (primary N) is 1. The molecule has 5 amide bonds. The van der Waals surface area contributed by atoms with Gasteiger partial charge in [0.2, 0.25) is 17.6 Å². The maximum Gasteiger partial charge on any atom is 0.332 e. The molecule has 1 heterocycles. The number of esters is 1. The second-order valence-electron chi connectivity index (χ2n) is 16.9. The Bertz CT molecular complexity index is 1560. The summed E-state index contributed by atoms with van der Waals surface area (Å²) in [6.07, 6.45) is 9.78. The van der Waals surface area contributed by atoms with Gasteiger partial charge in [0.15, 0.2) is 0 Å². The molecule has 12 heteroatoms. The van der Waals surface area contributed by atoms with Gasteiger partial charge >= 0.3 is 12.0 Å². The van der Waals surface area contributed by atoms with Crippen molar-refractivity contribution in [3.63, 3.8) is 0 Å².